The third kappa shape index (κ3) is 2.16. The van der Waals surface area contributed by atoms with E-state index in [2.05, 4.69) is 52.8 Å². The number of anilines is 2. The van der Waals surface area contributed by atoms with E-state index in [1.807, 2.05) is 11.7 Å². The number of hydrogen-bond acceptors (Lipinski definition) is 4. The second-order valence-electron chi connectivity index (χ2n) is 5.11. The zero-order valence-electron chi connectivity index (χ0n) is 11.6. The Bertz CT molecular complexity index is 582. The second kappa shape index (κ2) is 4.57. The minimum atomic E-state index is 0.268. The average molecular weight is 257 g/mol. The Labute approximate surface area is 113 Å². The van der Waals surface area contributed by atoms with Gasteiger partial charge in [-0.2, -0.15) is 4.98 Å². The first-order chi connectivity index (χ1) is 9.17. The summed E-state index contributed by atoms with van der Waals surface area (Å²) in [4.78, 5) is 4.42. The van der Waals surface area contributed by atoms with Crippen LogP contribution in [0.5, 0.6) is 0 Å². The molecule has 0 aliphatic carbocycles. The number of hydrogen-bond donors (Lipinski definition) is 2. The van der Waals surface area contributed by atoms with Gasteiger partial charge in [0.25, 0.3) is 0 Å². The van der Waals surface area contributed by atoms with Gasteiger partial charge >= 0.3 is 0 Å². The molecule has 1 atom stereocenters. The van der Waals surface area contributed by atoms with Crippen LogP contribution in [0.3, 0.4) is 0 Å². The molecule has 5 nitrogen and oxygen atoms in total. The molecular weight excluding hydrogens is 238 g/mol. The van der Waals surface area contributed by atoms with Gasteiger partial charge in [0, 0.05) is 13.6 Å². The van der Waals surface area contributed by atoms with Crippen LogP contribution in [-0.2, 0) is 0 Å². The smallest absolute Gasteiger partial charge is 0.243 e. The summed E-state index contributed by atoms with van der Waals surface area (Å²) in [5.74, 6) is 1.51. The first kappa shape index (κ1) is 12.0. The largest absolute Gasteiger partial charge is 0.356 e. The van der Waals surface area contributed by atoms with Gasteiger partial charge in [-0.25, -0.2) is 4.68 Å². The molecule has 2 heterocycles. The maximum atomic E-state index is 4.52. The summed E-state index contributed by atoms with van der Waals surface area (Å²) in [6.45, 7) is 5.21. The van der Waals surface area contributed by atoms with Gasteiger partial charge < -0.3 is 10.6 Å². The molecule has 19 heavy (non-hydrogen) atoms. The summed E-state index contributed by atoms with van der Waals surface area (Å²) < 4.78 is 1.99. The van der Waals surface area contributed by atoms with E-state index in [9.17, 15) is 0 Å². The molecule has 0 saturated heterocycles. The van der Waals surface area contributed by atoms with Crippen molar-refractivity contribution in [1.82, 2.24) is 14.8 Å². The number of rotatable bonds is 2. The Kier molecular flexibility index (Phi) is 2.89. The molecule has 3 rings (SSSR count). The van der Waals surface area contributed by atoms with E-state index >= 15 is 0 Å². The predicted molar refractivity (Wildman–Crippen MR) is 76.7 cm³/mol. The highest BCUT2D eigenvalue weighted by atomic mass is 15.5. The van der Waals surface area contributed by atoms with Crippen molar-refractivity contribution in [3.05, 3.63) is 34.9 Å². The number of fused-ring (bicyclic) bond motifs is 1. The van der Waals surface area contributed by atoms with Crippen molar-refractivity contribution < 1.29 is 0 Å². The second-order valence-corrected chi connectivity index (χ2v) is 5.11. The van der Waals surface area contributed by atoms with E-state index in [0.29, 0.717) is 5.95 Å². The van der Waals surface area contributed by atoms with E-state index in [-0.39, 0.29) is 6.04 Å². The van der Waals surface area contributed by atoms with Crippen molar-refractivity contribution in [3.8, 4) is 0 Å². The lowest BCUT2D eigenvalue weighted by atomic mass is 9.98. The molecule has 1 aliphatic rings. The van der Waals surface area contributed by atoms with Gasteiger partial charge in [-0.15, -0.1) is 5.10 Å². The molecule has 5 heteroatoms. The van der Waals surface area contributed by atoms with E-state index in [4.69, 9.17) is 0 Å². The van der Waals surface area contributed by atoms with Crippen LogP contribution in [0.25, 0.3) is 0 Å². The first-order valence-corrected chi connectivity index (χ1v) is 6.64. The van der Waals surface area contributed by atoms with Gasteiger partial charge in [0.05, 0.1) is 6.04 Å². The normalized spacial score (nSPS) is 17.7. The quantitative estimate of drug-likeness (QED) is 0.867. The number of aromatic nitrogens is 3. The van der Waals surface area contributed by atoms with E-state index in [1.165, 1.54) is 16.7 Å². The highest BCUT2D eigenvalue weighted by Crippen LogP contribution is 2.30. The van der Waals surface area contributed by atoms with Crippen LogP contribution in [0.2, 0.25) is 0 Å². The number of benzene rings is 1. The fourth-order valence-electron chi connectivity index (χ4n) is 2.72. The summed E-state index contributed by atoms with van der Waals surface area (Å²) >= 11 is 0. The maximum absolute atomic E-state index is 4.52. The van der Waals surface area contributed by atoms with E-state index in [0.717, 1.165) is 18.9 Å². The fraction of sp³-hybridized carbons (Fsp3) is 0.429. The van der Waals surface area contributed by atoms with Crippen molar-refractivity contribution in [1.29, 1.82) is 0 Å². The van der Waals surface area contributed by atoms with Crippen molar-refractivity contribution in [3.63, 3.8) is 0 Å². The lowest BCUT2D eigenvalue weighted by Crippen LogP contribution is -2.24. The molecule has 0 spiro atoms. The zero-order valence-corrected chi connectivity index (χ0v) is 11.6. The Balaban J connectivity index is 2.05. The monoisotopic (exact) mass is 257 g/mol. The van der Waals surface area contributed by atoms with Gasteiger partial charge in [0.1, 0.15) is 0 Å². The van der Waals surface area contributed by atoms with Crippen LogP contribution in [0.15, 0.2) is 18.2 Å². The van der Waals surface area contributed by atoms with Gasteiger partial charge in [-0.05, 0) is 25.8 Å². The number of nitrogens with one attached hydrogen (secondary N) is 2. The molecular formula is C14H19N5. The number of nitrogens with zero attached hydrogens (tertiary/aromatic N) is 3. The topological polar surface area (TPSA) is 54.8 Å². The number of aryl methyl sites for hydroxylation is 2. The molecule has 1 aliphatic heterocycles. The molecule has 0 radical (unpaired) electrons. The molecule has 2 N–H and O–H groups in total. The van der Waals surface area contributed by atoms with Gasteiger partial charge in [0.2, 0.25) is 11.9 Å². The molecule has 1 unspecified atom stereocenters. The van der Waals surface area contributed by atoms with Crippen LogP contribution in [0, 0.1) is 13.8 Å². The molecule has 0 saturated carbocycles. The Morgan fingerprint density at radius 3 is 2.68 bits per heavy atom. The first-order valence-electron chi connectivity index (χ1n) is 6.64. The Morgan fingerprint density at radius 2 is 2.00 bits per heavy atom. The van der Waals surface area contributed by atoms with Crippen molar-refractivity contribution >= 4 is 11.9 Å². The molecule has 0 fully saturated rings. The van der Waals surface area contributed by atoms with Crippen LogP contribution in [0.1, 0.15) is 29.2 Å². The molecule has 100 valence electrons. The summed E-state index contributed by atoms with van der Waals surface area (Å²) in [6.07, 6.45) is 1.03. The lowest BCUT2D eigenvalue weighted by Gasteiger charge is -2.25. The zero-order chi connectivity index (χ0) is 13.4. The molecule has 1 aromatic heterocycles. The summed E-state index contributed by atoms with van der Waals surface area (Å²) in [7, 11) is 1.84. The minimum absolute atomic E-state index is 0.268. The molecule has 2 aromatic rings. The summed E-state index contributed by atoms with van der Waals surface area (Å²) in [6, 6.07) is 6.96. The van der Waals surface area contributed by atoms with Gasteiger partial charge in [0.15, 0.2) is 0 Å². The average Bonchev–Trinajstić information content (AvgIpc) is 2.80. The third-order valence-electron chi connectivity index (χ3n) is 3.48. The third-order valence-corrected chi connectivity index (χ3v) is 3.48. The molecule has 0 bridgehead atoms. The molecule has 1 aromatic carbocycles. The van der Waals surface area contributed by atoms with E-state index in [1.54, 1.807) is 0 Å². The van der Waals surface area contributed by atoms with Crippen LogP contribution >= 0.6 is 0 Å². The van der Waals surface area contributed by atoms with Crippen LogP contribution in [0.4, 0.5) is 11.9 Å². The molecule has 0 amide bonds. The summed E-state index contributed by atoms with van der Waals surface area (Å²) in [5, 5.41) is 10.8. The summed E-state index contributed by atoms with van der Waals surface area (Å²) in [5.41, 5.74) is 3.90. The Morgan fingerprint density at radius 1 is 1.26 bits per heavy atom. The van der Waals surface area contributed by atoms with Crippen LogP contribution < -0.4 is 10.6 Å². The highest BCUT2D eigenvalue weighted by molar-refractivity contribution is 5.40. The fourth-order valence-corrected chi connectivity index (χ4v) is 2.72. The van der Waals surface area contributed by atoms with Gasteiger partial charge in [-0.3, -0.25) is 0 Å². The Hall–Kier alpha value is -2.04. The highest BCUT2D eigenvalue weighted by Gasteiger charge is 2.24. The van der Waals surface area contributed by atoms with Crippen molar-refractivity contribution in [2.24, 2.45) is 0 Å². The minimum Gasteiger partial charge on any atom is -0.356 e. The van der Waals surface area contributed by atoms with Crippen molar-refractivity contribution in [2.45, 2.75) is 26.3 Å². The van der Waals surface area contributed by atoms with E-state index < -0.39 is 0 Å². The van der Waals surface area contributed by atoms with Crippen LogP contribution in [-0.4, -0.2) is 28.4 Å². The SMILES string of the molecule is CNc1nc2n(n1)C(c1cc(C)cc(C)c1)CCN2. The predicted octanol–water partition coefficient (Wildman–Crippen LogP) is 2.34. The standard InChI is InChI=1S/C14H19N5/c1-9-6-10(2)8-11(7-9)12-4-5-16-14-17-13(15-3)18-19(12)14/h6-8,12H,4-5H2,1-3H3,(H2,15,16,17,18). The van der Waals surface area contributed by atoms with Crippen molar-refractivity contribution in [2.75, 3.05) is 24.2 Å². The lowest BCUT2D eigenvalue weighted by molar-refractivity contribution is 0.480. The van der Waals surface area contributed by atoms with Gasteiger partial charge in [-0.1, -0.05) is 29.3 Å². The maximum Gasteiger partial charge on any atom is 0.243 e.